The predicted molar refractivity (Wildman–Crippen MR) is 84.2 cm³/mol. The zero-order valence-corrected chi connectivity index (χ0v) is 13.1. The van der Waals surface area contributed by atoms with Gasteiger partial charge < -0.3 is 5.32 Å². The molecule has 116 valence electrons. The lowest BCUT2D eigenvalue weighted by Gasteiger charge is -2.17. The van der Waals surface area contributed by atoms with E-state index in [4.69, 9.17) is 0 Å². The minimum absolute atomic E-state index is 0.0609. The Hall–Kier alpha value is -2.17. The third kappa shape index (κ3) is 3.53. The Morgan fingerprint density at radius 2 is 2.05 bits per heavy atom. The summed E-state index contributed by atoms with van der Waals surface area (Å²) in [6.07, 6.45) is 7.74. The first kappa shape index (κ1) is 14.8. The summed E-state index contributed by atoms with van der Waals surface area (Å²) in [7, 11) is 0. The Labute approximate surface area is 130 Å². The second-order valence-corrected chi connectivity index (χ2v) is 6.39. The molecule has 2 aromatic rings. The average Bonchev–Trinajstić information content (AvgIpc) is 3.24. The summed E-state index contributed by atoms with van der Waals surface area (Å²) in [5.41, 5.74) is 1.60. The topological polar surface area (TPSA) is 59.8 Å². The van der Waals surface area contributed by atoms with E-state index in [1.165, 1.54) is 0 Å². The van der Waals surface area contributed by atoms with E-state index >= 15 is 0 Å². The van der Waals surface area contributed by atoms with Gasteiger partial charge in [-0.2, -0.15) is 5.10 Å². The average molecular weight is 298 g/mol. The number of hydrogen-bond acceptors (Lipinski definition) is 3. The van der Waals surface area contributed by atoms with Crippen molar-refractivity contribution < 1.29 is 4.79 Å². The number of carbonyl (C=O) groups excluding carboxylic acids is 1. The zero-order valence-electron chi connectivity index (χ0n) is 13.1. The van der Waals surface area contributed by atoms with Crippen LogP contribution < -0.4 is 5.32 Å². The van der Waals surface area contributed by atoms with Gasteiger partial charge in [0.05, 0.1) is 6.04 Å². The van der Waals surface area contributed by atoms with E-state index in [-0.39, 0.29) is 11.9 Å². The van der Waals surface area contributed by atoms with Crippen LogP contribution in [0, 0.1) is 11.8 Å². The molecule has 0 bridgehead atoms. The second kappa shape index (κ2) is 6.30. The molecule has 2 heterocycles. The van der Waals surface area contributed by atoms with Crippen LogP contribution in [0.4, 0.5) is 0 Å². The molecule has 1 saturated carbocycles. The number of hydrogen-bond donors (Lipinski definition) is 1. The molecule has 0 aromatic carbocycles. The van der Waals surface area contributed by atoms with Crippen LogP contribution in [0.15, 0.2) is 36.8 Å². The van der Waals surface area contributed by atoms with Gasteiger partial charge in [0.2, 0.25) is 0 Å². The van der Waals surface area contributed by atoms with Gasteiger partial charge in [-0.1, -0.05) is 13.8 Å². The fraction of sp³-hybridized carbons (Fsp3) is 0.471. The molecule has 1 atom stereocenters. The highest BCUT2D eigenvalue weighted by atomic mass is 16.2. The molecule has 2 aromatic heterocycles. The molecule has 22 heavy (non-hydrogen) atoms. The van der Waals surface area contributed by atoms with E-state index in [2.05, 4.69) is 29.2 Å². The van der Waals surface area contributed by atoms with Crippen molar-refractivity contribution >= 4 is 5.91 Å². The van der Waals surface area contributed by atoms with Crippen molar-refractivity contribution in [3.8, 4) is 0 Å². The molecule has 1 fully saturated rings. The number of nitrogens with zero attached hydrogens (tertiary/aromatic N) is 3. The van der Waals surface area contributed by atoms with E-state index in [0.717, 1.165) is 24.9 Å². The van der Waals surface area contributed by atoms with Crippen molar-refractivity contribution in [2.24, 2.45) is 11.8 Å². The van der Waals surface area contributed by atoms with Gasteiger partial charge in [0, 0.05) is 25.1 Å². The summed E-state index contributed by atoms with van der Waals surface area (Å²) in [6, 6.07) is 5.79. The van der Waals surface area contributed by atoms with E-state index in [0.29, 0.717) is 17.5 Å². The van der Waals surface area contributed by atoms with Crippen molar-refractivity contribution in [2.75, 3.05) is 0 Å². The number of amides is 1. The lowest BCUT2D eigenvalue weighted by molar-refractivity contribution is 0.0925. The standard InChI is InChI=1S/C17H22N4O/c1-12(2)11-21-10-7-15(20-21)17(22)19-16(13-3-4-13)14-5-8-18-9-6-14/h5-10,12-13,16H,3-4,11H2,1-2H3,(H,19,22). The molecule has 3 rings (SSSR count). The van der Waals surface area contributed by atoms with Crippen LogP contribution in [0.5, 0.6) is 0 Å². The summed E-state index contributed by atoms with van der Waals surface area (Å²) in [4.78, 5) is 16.5. The number of nitrogens with one attached hydrogen (secondary N) is 1. The molecular formula is C17H22N4O. The van der Waals surface area contributed by atoms with Gasteiger partial charge >= 0.3 is 0 Å². The number of carbonyl (C=O) groups is 1. The summed E-state index contributed by atoms with van der Waals surface area (Å²) >= 11 is 0. The molecule has 0 aliphatic heterocycles. The van der Waals surface area contributed by atoms with E-state index in [1.807, 2.05) is 23.0 Å². The van der Waals surface area contributed by atoms with Crippen molar-refractivity contribution in [3.63, 3.8) is 0 Å². The largest absolute Gasteiger partial charge is 0.344 e. The van der Waals surface area contributed by atoms with Crippen LogP contribution in [-0.4, -0.2) is 20.7 Å². The third-order valence-corrected chi connectivity index (χ3v) is 3.87. The fourth-order valence-corrected chi connectivity index (χ4v) is 2.65. The molecule has 1 aliphatic carbocycles. The van der Waals surface area contributed by atoms with Gasteiger partial charge in [-0.25, -0.2) is 0 Å². The van der Waals surface area contributed by atoms with E-state index in [1.54, 1.807) is 18.5 Å². The fourth-order valence-electron chi connectivity index (χ4n) is 2.65. The maximum Gasteiger partial charge on any atom is 0.272 e. The Morgan fingerprint density at radius 3 is 2.68 bits per heavy atom. The molecule has 0 saturated heterocycles. The number of pyridine rings is 1. The Kier molecular flexibility index (Phi) is 4.22. The second-order valence-electron chi connectivity index (χ2n) is 6.39. The molecule has 5 nitrogen and oxygen atoms in total. The summed E-state index contributed by atoms with van der Waals surface area (Å²) in [6.45, 7) is 5.09. The van der Waals surface area contributed by atoms with Gasteiger partial charge in [0.1, 0.15) is 5.69 Å². The monoisotopic (exact) mass is 298 g/mol. The first-order valence-electron chi connectivity index (χ1n) is 7.87. The number of rotatable bonds is 6. The molecule has 1 amide bonds. The van der Waals surface area contributed by atoms with Crippen LogP contribution in [0.1, 0.15) is 48.8 Å². The first-order chi connectivity index (χ1) is 10.6. The Balaban J connectivity index is 1.70. The molecule has 0 radical (unpaired) electrons. The Bertz CT molecular complexity index is 631. The predicted octanol–water partition coefficient (Wildman–Crippen LogP) is 2.82. The highest BCUT2D eigenvalue weighted by molar-refractivity contribution is 5.92. The van der Waals surface area contributed by atoms with Crippen LogP contribution >= 0.6 is 0 Å². The zero-order chi connectivity index (χ0) is 15.5. The lowest BCUT2D eigenvalue weighted by atomic mass is 10.0. The minimum Gasteiger partial charge on any atom is -0.344 e. The van der Waals surface area contributed by atoms with Crippen LogP contribution in [-0.2, 0) is 6.54 Å². The first-order valence-corrected chi connectivity index (χ1v) is 7.87. The van der Waals surface area contributed by atoms with Crippen molar-refractivity contribution in [2.45, 2.75) is 39.3 Å². The van der Waals surface area contributed by atoms with E-state index < -0.39 is 0 Å². The van der Waals surface area contributed by atoms with Crippen molar-refractivity contribution in [1.82, 2.24) is 20.1 Å². The highest BCUT2D eigenvalue weighted by Gasteiger charge is 2.33. The van der Waals surface area contributed by atoms with Gasteiger partial charge in [0.15, 0.2) is 0 Å². The van der Waals surface area contributed by atoms with Crippen LogP contribution in [0.2, 0.25) is 0 Å². The van der Waals surface area contributed by atoms with Gasteiger partial charge in [-0.15, -0.1) is 0 Å². The van der Waals surface area contributed by atoms with E-state index in [9.17, 15) is 4.79 Å². The van der Waals surface area contributed by atoms with Gasteiger partial charge in [-0.3, -0.25) is 14.5 Å². The quantitative estimate of drug-likeness (QED) is 0.892. The Morgan fingerprint density at radius 1 is 1.32 bits per heavy atom. The minimum atomic E-state index is -0.101. The van der Waals surface area contributed by atoms with Crippen molar-refractivity contribution in [1.29, 1.82) is 0 Å². The molecule has 1 N–H and O–H groups in total. The molecule has 0 spiro atoms. The lowest BCUT2D eigenvalue weighted by Crippen LogP contribution is -2.30. The highest BCUT2D eigenvalue weighted by Crippen LogP contribution is 2.40. The smallest absolute Gasteiger partial charge is 0.272 e. The van der Waals surface area contributed by atoms with Crippen LogP contribution in [0.3, 0.4) is 0 Å². The SMILES string of the molecule is CC(C)Cn1ccc(C(=O)NC(c2ccncc2)C2CC2)n1. The maximum atomic E-state index is 12.5. The molecule has 1 aliphatic rings. The molecule has 5 heteroatoms. The number of aromatic nitrogens is 3. The third-order valence-electron chi connectivity index (χ3n) is 3.87. The summed E-state index contributed by atoms with van der Waals surface area (Å²) in [5, 5.41) is 7.50. The van der Waals surface area contributed by atoms with Crippen LogP contribution in [0.25, 0.3) is 0 Å². The maximum absolute atomic E-state index is 12.5. The molecule has 1 unspecified atom stereocenters. The summed E-state index contributed by atoms with van der Waals surface area (Å²) < 4.78 is 1.83. The normalized spacial score (nSPS) is 15.8. The van der Waals surface area contributed by atoms with Crippen molar-refractivity contribution in [3.05, 3.63) is 48.0 Å². The van der Waals surface area contributed by atoms with Gasteiger partial charge in [-0.05, 0) is 48.4 Å². The molecular weight excluding hydrogens is 276 g/mol. The van der Waals surface area contributed by atoms with Gasteiger partial charge in [0.25, 0.3) is 5.91 Å². The summed E-state index contributed by atoms with van der Waals surface area (Å²) in [5.74, 6) is 0.937.